The van der Waals surface area contributed by atoms with Crippen LogP contribution < -0.4 is 5.32 Å². The second kappa shape index (κ2) is 7.25. The van der Waals surface area contributed by atoms with Crippen molar-refractivity contribution >= 4 is 32.6 Å². The number of thiazole rings is 1. The van der Waals surface area contributed by atoms with E-state index >= 15 is 0 Å². The van der Waals surface area contributed by atoms with Gasteiger partial charge < -0.3 is 4.74 Å². The Morgan fingerprint density at radius 2 is 2.19 bits per heavy atom. The molecule has 0 unspecified atom stereocenters. The van der Waals surface area contributed by atoms with Gasteiger partial charge >= 0.3 is 6.09 Å². The summed E-state index contributed by atoms with van der Waals surface area (Å²) >= 11 is 1.13. The van der Waals surface area contributed by atoms with Gasteiger partial charge in [-0.15, -0.1) is 0 Å². The highest BCUT2D eigenvalue weighted by atomic mass is 32.2. The molecule has 26 heavy (non-hydrogen) atoms. The number of carbonyl (C=O) groups excluding carboxylic acids is 1. The first-order valence-corrected chi connectivity index (χ1v) is 9.94. The van der Waals surface area contributed by atoms with Crippen LogP contribution in [0, 0.1) is 11.6 Å². The first kappa shape index (κ1) is 18.7. The monoisotopic (exact) mass is 403 g/mol. The van der Waals surface area contributed by atoms with E-state index in [-0.39, 0.29) is 19.7 Å². The van der Waals surface area contributed by atoms with Crippen LogP contribution in [0.1, 0.15) is 17.5 Å². The molecule has 1 aromatic heterocycles. The van der Waals surface area contributed by atoms with Gasteiger partial charge in [-0.2, -0.15) is 4.31 Å². The molecule has 0 spiro atoms. The maximum Gasteiger partial charge on any atom is 0.413 e. The van der Waals surface area contributed by atoms with Crippen molar-refractivity contribution in [2.24, 2.45) is 0 Å². The fourth-order valence-corrected chi connectivity index (χ4v) is 5.05. The minimum absolute atomic E-state index is 0.00332. The van der Waals surface area contributed by atoms with Crippen LogP contribution in [-0.2, 0) is 27.7 Å². The van der Waals surface area contributed by atoms with Gasteiger partial charge in [0.15, 0.2) is 5.13 Å². The number of amides is 1. The number of aromatic nitrogens is 1. The number of rotatable bonds is 4. The number of nitrogens with one attached hydrogen (secondary N) is 1. The summed E-state index contributed by atoms with van der Waals surface area (Å²) in [6, 6.07) is 2.35. The van der Waals surface area contributed by atoms with Gasteiger partial charge in [-0.25, -0.2) is 27.0 Å². The van der Waals surface area contributed by atoms with E-state index in [0.717, 1.165) is 27.8 Å². The largest absolute Gasteiger partial charge is 0.450 e. The molecule has 2 heterocycles. The lowest BCUT2D eigenvalue weighted by atomic mass is 10.2. The van der Waals surface area contributed by atoms with Crippen molar-refractivity contribution in [2.45, 2.75) is 24.8 Å². The highest BCUT2D eigenvalue weighted by molar-refractivity contribution is 7.89. The average Bonchev–Trinajstić information content (AvgIpc) is 2.95. The zero-order chi connectivity index (χ0) is 18.9. The zero-order valence-electron chi connectivity index (χ0n) is 13.7. The number of hydrogen-bond donors (Lipinski definition) is 1. The van der Waals surface area contributed by atoms with E-state index in [9.17, 15) is 22.0 Å². The molecular weight excluding hydrogens is 388 g/mol. The number of sulfonamides is 1. The summed E-state index contributed by atoms with van der Waals surface area (Å²) < 4.78 is 58.1. The van der Waals surface area contributed by atoms with E-state index in [0.29, 0.717) is 28.2 Å². The standard InChI is InChI=1S/C15H15F2N3O4S2/c1-2-24-15(21)19-14-18-11-5-6-20(8-12(11)25-14)26(22,23)13-4-3-9(16)7-10(13)17/h3-4,7H,2,5-6,8H2,1H3,(H,18,19,21). The van der Waals surface area contributed by atoms with Crippen molar-refractivity contribution in [1.82, 2.24) is 9.29 Å². The molecule has 2 aromatic rings. The quantitative estimate of drug-likeness (QED) is 0.848. The average molecular weight is 403 g/mol. The maximum absolute atomic E-state index is 13.9. The van der Waals surface area contributed by atoms with Gasteiger partial charge in [0, 0.05) is 23.9 Å². The Morgan fingerprint density at radius 1 is 1.42 bits per heavy atom. The predicted molar refractivity (Wildman–Crippen MR) is 90.4 cm³/mol. The van der Waals surface area contributed by atoms with Crippen molar-refractivity contribution in [1.29, 1.82) is 0 Å². The summed E-state index contributed by atoms with van der Waals surface area (Å²) in [6.45, 7) is 1.99. The van der Waals surface area contributed by atoms with Gasteiger partial charge in [-0.3, -0.25) is 5.32 Å². The van der Waals surface area contributed by atoms with Crippen LogP contribution in [0.5, 0.6) is 0 Å². The Morgan fingerprint density at radius 3 is 2.88 bits per heavy atom. The fourth-order valence-electron chi connectivity index (χ4n) is 2.51. The molecule has 0 aliphatic carbocycles. The van der Waals surface area contributed by atoms with Crippen LogP contribution in [0.3, 0.4) is 0 Å². The third kappa shape index (κ3) is 3.69. The van der Waals surface area contributed by atoms with E-state index in [4.69, 9.17) is 4.74 Å². The third-order valence-corrected chi connectivity index (χ3v) is 6.57. The lowest BCUT2D eigenvalue weighted by molar-refractivity contribution is 0.168. The highest BCUT2D eigenvalue weighted by Gasteiger charge is 2.32. The first-order chi connectivity index (χ1) is 12.3. The molecule has 1 N–H and O–H groups in total. The summed E-state index contributed by atoms with van der Waals surface area (Å²) in [5.41, 5.74) is 0.674. The van der Waals surface area contributed by atoms with Gasteiger partial charge in [0.05, 0.1) is 18.8 Å². The number of benzene rings is 1. The number of carbonyl (C=O) groups is 1. The topological polar surface area (TPSA) is 88.6 Å². The van der Waals surface area contributed by atoms with E-state index in [1.165, 1.54) is 0 Å². The molecule has 0 bridgehead atoms. The van der Waals surface area contributed by atoms with Gasteiger partial charge in [0.2, 0.25) is 10.0 Å². The number of ether oxygens (including phenoxy) is 1. The second-order valence-electron chi connectivity index (χ2n) is 5.40. The number of hydrogen-bond acceptors (Lipinski definition) is 6. The summed E-state index contributed by atoms with van der Waals surface area (Å²) in [5, 5.41) is 2.78. The van der Waals surface area contributed by atoms with Crippen LogP contribution in [0.4, 0.5) is 18.7 Å². The Hall–Kier alpha value is -2.11. The van der Waals surface area contributed by atoms with Crippen LogP contribution in [-0.4, -0.2) is 37.0 Å². The number of anilines is 1. The number of halogens is 2. The second-order valence-corrected chi connectivity index (χ2v) is 8.39. The molecule has 0 fully saturated rings. The third-order valence-electron chi connectivity index (χ3n) is 3.69. The van der Waals surface area contributed by atoms with Crippen LogP contribution in [0.2, 0.25) is 0 Å². The minimum atomic E-state index is -4.12. The van der Waals surface area contributed by atoms with E-state index < -0.39 is 32.6 Å². The smallest absolute Gasteiger partial charge is 0.413 e. The van der Waals surface area contributed by atoms with E-state index in [1.54, 1.807) is 6.92 Å². The van der Waals surface area contributed by atoms with E-state index in [1.807, 2.05) is 0 Å². The SMILES string of the molecule is CCOC(=O)Nc1nc2c(s1)CN(S(=O)(=O)c1ccc(F)cc1F)CC2. The van der Waals surface area contributed by atoms with Crippen molar-refractivity contribution < 1.29 is 26.7 Å². The van der Waals surface area contributed by atoms with Crippen LogP contribution in [0.15, 0.2) is 23.1 Å². The molecule has 0 saturated carbocycles. The minimum Gasteiger partial charge on any atom is -0.450 e. The van der Waals surface area contributed by atoms with Gasteiger partial charge in [0.1, 0.15) is 16.5 Å². The molecule has 1 aliphatic rings. The molecule has 11 heteroatoms. The van der Waals surface area contributed by atoms with Crippen molar-refractivity contribution in [3.8, 4) is 0 Å². The van der Waals surface area contributed by atoms with E-state index in [2.05, 4.69) is 10.3 Å². The Labute approximate surface area is 152 Å². The van der Waals surface area contributed by atoms with Gasteiger partial charge in [-0.05, 0) is 19.1 Å². The van der Waals surface area contributed by atoms with Crippen molar-refractivity contribution in [2.75, 3.05) is 18.5 Å². The summed E-state index contributed by atoms with van der Waals surface area (Å²) in [4.78, 5) is 15.8. The zero-order valence-corrected chi connectivity index (χ0v) is 15.3. The molecule has 0 radical (unpaired) electrons. The molecule has 140 valence electrons. The molecule has 0 saturated heterocycles. The van der Waals surface area contributed by atoms with Gasteiger partial charge in [-0.1, -0.05) is 11.3 Å². The van der Waals surface area contributed by atoms with Crippen molar-refractivity contribution in [3.63, 3.8) is 0 Å². The van der Waals surface area contributed by atoms with Crippen LogP contribution >= 0.6 is 11.3 Å². The summed E-state index contributed by atoms with van der Waals surface area (Å²) in [6.07, 6.45) is -0.324. The normalized spacial score (nSPS) is 14.7. The molecule has 1 aliphatic heterocycles. The van der Waals surface area contributed by atoms with Crippen molar-refractivity contribution in [3.05, 3.63) is 40.4 Å². The maximum atomic E-state index is 13.9. The Kier molecular flexibility index (Phi) is 5.21. The fraction of sp³-hybridized carbons (Fsp3) is 0.333. The summed E-state index contributed by atoms with van der Waals surface area (Å²) in [5.74, 6) is -1.98. The molecule has 0 atom stereocenters. The highest BCUT2D eigenvalue weighted by Crippen LogP contribution is 2.31. The Bertz CT molecular complexity index is 946. The molecular formula is C15H15F2N3O4S2. The Balaban J connectivity index is 1.81. The molecule has 3 rings (SSSR count). The number of fused-ring (bicyclic) bond motifs is 1. The van der Waals surface area contributed by atoms with Crippen LogP contribution in [0.25, 0.3) is 0 Å². The number of nitrogens with zero attached hydrogens (tertiary/aromatic N) is 2. The molecule has 7 nitrogen and oxygen atoms in total. The van der Waals surface area contributed by atoms with Gasteiger partial charge in [0.25, 0.3) is 0 Å². The predicted octanol–water partition coefficient (Wildman–Crippen LogP) is 2.74. The first-order valence-electron chi connectivity index (χ1n) is 7.69. The lowest BCUT2D eigenvalue weighted by Gasteiger charge is -2.25. The molecule has 1 aromatic carbocycles. The lowest BCUT2D eigenvalue weighted by Crippen LogP contribution is -2.36. The molecule has 1 amide bonds. The summed E-state index contributed by atoms with van der Waals surface area (Å²) in [7, 11) is -4.12.